The van der Waals surface area contributed by atoms with Crippen LogP contribution in [-0.4, -0.2) is 97.8 Å². The van der Waals surface area contributed by atoms with E-state index in [-0.39, 0.29) is 31.7 Å². The van der Waals surface area contributed by atoms with E-state index in [0.717, 1.165) is 16.8 Å². The zero-order valence-corrected chi connectivity index (χ0v) is 37.3. The molecule has 4 aromatic rings. The van der Waals surface area contributed by atoms with Crippen molar-refractivity contribution in [2.45, 2.75) is 88.7 Å². The maximum Gasteiger partial charge on any atom is 0.402 e. The molecule has 1 fully saturated rings. The van der Waals surface area contributed by atoms with Gasteiger partial charge in [0.05, 0.1) is 46.5 Å². The largest absolute Gasteiger partial charge is 0.497 e. The van der Waals surface area contributed by atoms with E-state index >= 15 is 0 Å². The van der Waals surface area contributed by atoms with Gasteiger partial charge in [-0.05, 0) is 68.7 Å². The summed E-state index contributed by atoms with van der Waals surface area (Å²) in [6.45, 7) is 4.01. The minimum atomic E-state index is -5.69. The Morgan fingerprint density at radius 3 is 1.86 bits per heavy atom. The second-order valence-electron chi connectivity index (χ2n) is 15.3. The maximum atomic E-state index is 13.5. The Labute approximate surface area is 372 Å². The molecule has 3 unspecified atom stereocenters. The molecule has 0 aliphatic carbocycles. The summed E-state index contributed by atoms with van der Waals surface area (Å²) in [5.74, 6) is -2.73. The van der Waals surface area contributed by atoms with Gasteiger partial charge in [0.2, 0.25) is 0 Å². The minimum Gasteiger partial charge on any atom is -0.497 e. The van der Waals surface area contributed by atoms with Gasteiger partial charge in [0.1, 0.15) is 42.2 Å². The number of benzene rings is 3. The lowest BCUT2D eigenvalue weighted by molar-refractivity contribution is -0.299. The van der Waals surface area contributed by atoms with Gasteiger partial charge in [-0.25, -0.2) is 9.46 Å². The lowest BCUT2D eigenvalue weighted by Gasteiger charge is -2.39. The first kappa shape index (κ1) is 51.1. The first-order valence-electron chi connectivity index (χ1n) is 20.4. The van der Waals surface area contributed by atoms with E-state index in [4.69, 9.17) is 37.5 Å². The lowest BCUT2D eigenvalue weighted by Crippen LogP contribution is -2.44. The second-order valence-corrected chi connectivity index (χ2v) is 16.7. The number of hydrogen-bond acceptors (Lipinski definition) is 12. The summed E-state index contributed by atoms with van der Waals surface area (Å²) in [5, 5.41) is 9.40. The van der Waals surface area contributed by atoms with E-state index in [1.165, 1.54) is 14.2 Å². The predicted octanol–water partition coefficient (Wildman–Crippen LogP) is 8.22. The van der Waals surface area contributed by atoms with Crippen LogP contribution < -0.4 is 20.7 Å². The summed E-state index contributed by atoms with van der Waals surface area (Å²) in [6, 6.07) is 26.0. The first-order chi connectivity index (χ1) is 30.8. The van der Waals surface area contributed by atoms with Crippen molar-refractivity contribution >= 4 is 8.53 Å². The highest BCUT2D eigenvalue weighted by molar-refractivity contribution is 7.44. The molecule has 5 atom stereocenters. The fourth-order valence-corrected chi connectivity index (χ4v) is 9.11. The van der Waals surface area contributed by atoms with Crippen LogP contribution in [0.15, 0.2) is 101 Å². The standard InChI is InChI=1S/C44H51F6N4O10P/c1-28(2)54(29(3)4)65(62-24-10-22-51)64-38-35(63-40(53-23-21-37(55)52-41(53)56)39(38)60-27-59-26-36(43(45,46)47)44(48,49)50)25-61-42(30-11-8-7-9-12-30,31-13-17-33(57-5)18-14-31)32-15-19-34(58-6)20-16-32/h7-9,11-21,23,28-29,35-36,38-40H,10,24-27H2,1-6H3,(H,52,55,56)/t35-,38?,39?,40-,65?/m1/s1. The topological polar surface area (TPSA) is 156 Å². The summed E-state index contributed by atoms with van der Waals surface area (Å²) in [7, 11) is 0.878. The van der Waals surface area contributed by atoms with Gasteiger partial charge in [0.25, 0.3) is 14.1 Å². The van der Waals surface area contributed by atoms with E-state index in [9.17, 15) is 41.2 Å². The van der Waals surface area contributed by atoms with Crippen molar-refractivity contribution in [1.82, 2.24) is 14.2 Å². The van der Waals surface area contributed by atoms with Crippen LogP contribution in [0.25, 0.3) is 0 Å². The number of hydrogen-bond donors (Lipinski definition) is 1. The van der Waals surface area contributed by atoms with Crippen LogP contribution in [0.1, 0.15) is 57.0 Å². The molecule has 0 spiro atoms. The van der Waals surface area contributed by atoms with Crippen LogP contribution in [0.4, 0.5) is 26.3 Å². The highest BCUT2D eigenvalue weighted by Gasteiger charge is 2.57. The van der Waals surface area contributed by atoms with E-state index < -0.39 is 81.6 Å². The van der Waals surface area contributed by atoms with Crippen LogP contribution in [0.2, 0.25) is 0 Å². The molecule has 354 valence electrons. The van der Waals surface area contributed by atoms with Crippen LogP contribution in [-0.2, 0) is 33.6 Å². The van der Waals surface area contributed by atoms with Crippen molar-refractivity contribution in [3.05, 3.63) is 129 Å². The Kier molecular flexibility index (Phi) is 17.8. The Morgan fingerprint density at radius 2 is 1.37 bits per heavy atom. The van der Waals surface area contributed by atoms with Gasteiger partial charge in [-0.15, -0.1) is 0 Å². The third-order valence-corrected chi connectivity index (χ3v) is 12.5. The first-order valence-corrected chi connectivity index (χ1v) is 21.5. The average Bonchev–Trinajstić information content (AvgIpc) is 3.59. The normalized spacial score (nSPS) is 18.7. The number of alkyl halides is 6. The van der Waals surface area contributed by atoms with Gasteiger partial charge in [-0.3, -0.25) is 14.3 Å². The number of aromatic nitrogens is 2. The number of aromatic amines is 1. The maximum absolute atomic E-state index is 13.5. The molecule has 3 aromatic carbocycles. The highest BCUT2D eigenvalue weighted by Crippen LogP contribution is 2.51. The Morgan fingerprint density at radius 1 is 0.815 bits per heavy atom. The number of halogens is 6. The van der Waals surface area contributed by atoms with Gasteiger partial charge in [-0.2, -0.15) is 31.6 Å². The quantitative estimate of drug-likeness (QED) is 0.0265. The van der Waals surface area contributed by atoms with Crippen molar-refractivity contribution in [2.75, 3.05) is 40.8 Å². The second kappa shape index (κ2) is 22.6. The summed E-state index contributed by atoms with van der Waals surface area (Å²) in [5.41, 5.74) is -1.31. The van der Waals surface area contributed by atoms with Crippen molar-refractivity contribution in [3.63, 3.8) is 0 Å². The number of ether oxygens (including phenoxy) is 6. The van der Waals surface area contributed by atoms with Crippen molar-refractivity contribution in [2.24, 2.45) is 5.92 Å². The number of nitriles is 1. The molecule has 0 saturated carbocycles. The molecule has 1 N–H and O–H groups in total. The van der Waals surface area contributed by atoms with Crippen LogP contribution in [0.5, 0.6) is 11.5 Å². The van der Waals surface area contributed by atoms with Crippen LogP contribution >= 0.6 is 8.53 Å². The van der Waals surface area contributed by atoms with Gasteiger partial charge in [0.15, 0.2) is 12.1 Å². The average molecular weight is 941 g/mol. The molecule has 1 aliphatic rings. The van der Waals surface area contributed by atoms with Gasteiger partial charge in [0, 0.05) is 24.3 Å². The minimum absolute atomic E-state index is 0.0357. The number of nitrogens with zero attached hydrogens (tertiary/aromatic N) is 3. The monoisotopic (exact) mass is 940 g/mol. The van der Waals surface area contributed by atoms with Gasteiger partial charge < -0.3 is 37.5 Å². The molecule has 1 aliphatic heterocycles. The Balaban J connectivity index is 1.67. The van der Waals surface area contributed by atoms with E-state index in [1.54, 1.807) is 24.3 Å². The molecule has 5 rings (SSSR count). The van der Waals surface area contributed by atoms with Gasteiger partial charge in [-0.1, -0.05) is 54.6 Å². The number of H-pyrrole nitrogens is 1. The van der Waals surface area contributed by atoms with E-state index in [1.807, 2.05) is 93.0 Å². The van der Waals surface area contributed by atoms with Crippen LogP contribution in [0.3, 0.4) is 0 Å². The smallest absolute Gasteiger partial charge is 0.402 e. The fraction of sp³-hybridized carbons (Fsp3) is 0.477. The third-order valence-electron chi connectivity index (χ3n) is 10.3. The van der Waals surface area contributed by atoms with E-state index in [0.29, 0.717) is 28.2 Å². The Hall–Kier alpha value is -4.84. The number of rotatable bonds is 22. The third kappa shape index (κ3) is 12.5. The summed E-state index contributed by atoms with van der Waals surface area (Å²) in [6.07, 6.45) is -16.1. The van der Waals surface area contributed by atoms with Gasteiger partial charge >= 0.3 is 18.0 Å². The molecule has 0 bridgehead atoms. The van der Waals surface area contributed by atoms with Crippen LogP contribution in [0, 0.1) is 17.2 Å². The SMILES string of the molecule is COc1ccc(C(OC[C@H]2O[C@@H](n3ccc(=O)[nH]c3=O)C(OCOCC(C(F)(F)F)C(F)(F)F)C2OP(OCCC#N)N(C(C)C)C(C)C)(c2ccccc2)c2ccc(OC)cc2)cc1. The molecule has 2 heterocycles. The fourth-order valence-electron chi connectivity index (χ4n) is 7.35. The summed E-state index contributed by atoms with van der Waals surface area (Å²) >= 11 is 0. The molecule has 21 heteroatoms. The zero-order valence-electron chi connectivity index (χ0n) is 36.4. The van der Waals surface area contributed by atoms with Crippen molar-refractivity contribution < 1.29 is 63.8 Å². The molecule has 14 nitrogen and oxygen atoms in total. The summed E-state index contributed by atoms with van der Waals surface area (Å²) < 4.78 is 132. The number of methoxy groups -OCH3 is 2. The zero-order chi connectivity index (χ0) is 47.5. The molecule has 65 heavy (non-hydrogen) atoms. The van der Waals surface area contributed by atoms with Crippen molar-refractivity contribution in [1.29, 1.82) is 5.26 Å². The predicted molar refractivity (Wildman–Crippen MR) is 225 cm³/mol. The molecule has 0 radical (unpaired) electrons. The molecule has 1 saturated heterocycles. The molecular formula is C44H51F6N4O10P. The summed E-state index contributed by atoms with van der Waals surface area (Å²) in [4.78, 5) is 27.8. The molecular weight excluding hydrogens is 889 g/mol. The Bertz CT molecular complexity index is 2190. The molecule has 1 aromatic heterocycles. The van der Waals surface area contributed by atoms with E-state index in [2.05, 4.69) is 4.98 Å². The van der Waals surface area contributed by atoms with Crippen molar-refractivity contribution in [3.8, 4) is 17.6 Å². The lowest BCUT2D eigenvalue weighted by atomic mass is 9.80. The number of nitrogens with one attached hydrogen (secondary N) is 1. The highest BCUT2D eigenvalue weighted by atomic mass is 31.2. The molecule has 0 amide bonds.